The Morgan fingerprint density at radius 2 is 1.48 bits per heavy atom. The van der Waals surface area contributed by atoms with Crippen LogP contribution < -0.4 is 0 Å². The van der Waals surface area contributed by atoms with Gasteiger partial charge in [-0.05, 0) is 67.1 Å². The highest BCUT2D eigenvalue weighted by molar-refractivity contribution is 5.14. The van der Waals surface area contributed by atoms with Crippen LogP contribution in [-0.2, 0) is 18.9 Å². The highest BCUT2D eigenvalue weighted by Crippen LogP contribution is 2.71. The molecule has 6 rings (SSSR count). The SMILES string of the molecule is C[C@]12CCC3(CC1[C@H](CO)C[C@@H]1[C@@H]2CC[C@@]2(C)[C@H]1CCC21OCCO1)OCCO3. The molecule has 6 fully saturated rings. The Morgan fingerprint density at radius 1 is 0.793 bits per heavy atom. The van der Waals surface area contributed by atoms with E-state index in [1.54, 1.807) is 0 Å². The molecule has 0 aromatic heterocycles. The van der Waals surface area contributed by atoms with Gasteiger partial charge in [-0.2, -0.15) is 0 Å². The van der Waals surface area contributed by atoms with Crippen molar-refractivity contribution in [3.05, 3.63) is 0 Å². The Morgan fingerprint density at radius 3 is 2.21 bits per heavy atom. The number of ether oxygens (including phenoxy) is 4. The van der Waals surface area contributed by atoms with E-state index in [4.69, 9.17) is 18.9 Å². The first-order chi connectivity index (χ1) is 14.0. The van der Waals surface area contributed by atoms with Crippen LogP contribution in [0.4, 0.5) is 0 Å². The van der Waals surface area contributed by atoms with Gasteiger partial charge >= 0.3 is 0 Å². The minimum atomic E-state index is -0.365. The van der Waals surface area contributed by atoms with Crippen LogP contribution in [0.2, 0.25) is 0 Å². The smallest absolute Gasteiger partial charge is 0.174 e. The fraction of sp³-hybridized carbons (Fsp3) is 1.00. The van der Waals surface area contributed by atoms with Gasteiger partial charge in [0.25, 0.3) is 0 Å². The number of rotatable bonds is 1. The molecule has 29 heavy (non-hydrogen) atoms. The largest absolute Gasteiger partial charge is 0.396 e. The van der Waals surface area contributed by atoms with E-state index in [1.807, 2.05) is 0 Å². The predicted octanol–water partition coefficient (Wildman–Crippen LogP) is 3.73. The first-order valence-corrected chi connectivity index (χ1v) is 12.1. The molecule has 1 N–H and O–H groups in total. The molecule has 2 saturated heterocycles. The molecule has 2 heterocycles. The summed E-state index contributed by atoms with van der Waals surface area (Å²) < 4.78 is 24.8. The van der Waals surface area contributed by atoms with Gasteiger partial charge < -0.3 is 24.1 Å². The van der Waals surface area contributed by atoms with Crippen molar-refractivity contribution in [1.82, 2.24) is 0 Å². The minimum Gasteiger partial charge on any atom is -0.396 e. The Balaban J connectivity index is 1.32. The van der Waals surface area contributed by atoms with Crippen molar-refractivity contribution in [2.75, 3.05) is 33.0 Å². The van der Waals surface area contributed by atoms with Crippen molar-refractivity contribution in [2.45, 2.75) is 76.8 Å². The van der Waals surface area contributed by atoms with E-state index in [2.05, 4.69) is 13.8 Å². The van der Waals surface area contributed by atoms with Crippen molar-refractivity contribution in [3.8, 4) is 0 Å². The Labute approximate surface area is 174 Å². The molecule has 4 saturated carbocycles. The highest BCUT2D eigenvalue weighted by atomic mass is 16.7. The van der Waals surface area contributed by atoms with E-state index in [9.17, 15) is 5.11 Å². The Kier molecular flexibility index (Phi) is 4.31. The number of fused-ring (bicyclic) bond motifs is 6. The molecule has 164 valence electrons. The Hall–Kier alpha value is -0.200. The van der Waals surface area contributed by atoms with Crippen LogP contribution in [0.1, 0.15) is 65.2 Å². The summed E-state index contributed by atoms with van der Waals surface area (Å²) >= 11 is 0. The summed E-state index contributed by atoms with van der Waals surface area (Å²) in [7, 11) is 0. The molecule has 5 heteroatoms. The van der Waals surface area contributed by atoms with Crippen LogP contribution in [-0.4, -0.2) is 49.7 Å². The van der Waals surface area contributed by atoms with Gasteiger partial charge in [0.1, 0.15) is 0 Å². The van der Waals surface area contributed by atoms with Crippen LogP contribution in [0, 0.1) is 40.4 Å². The van der Waals surface area contributed by atoms with Gasteiger partial charge in [0, 0.05) is 31.3 Å². The maximum absolute atomic E-state index is 10.4. The molecular weight excluding hydrogens is 368 g/mol. The molecule has 0 radical (unpaired) electrons. The third kappa shape index (κ3) is 2.46. The second-order valence-corrected chi connectivity index (χ2v) is 11.4. The topological polar surface area (TPSA) is 57.2 Å². The standard InChI is InChI=1S/C24H38O5/c1-21-7-8-23(26-9-10-27-23)14-20(21)16(15-25)13-17-18(21)3-5-22(2)19(17)4-6-24(22)28-11-12-29-24/h16-20,25H,3-15H2,1-2H3/t16-,17+,18-,19-,20?,21+,22-/m0/s1. The van der Waals surface area contributed by atoms with E-state index in [1.165, 1.54) is 19.3 Å². The lowest BCUT2D eigenvalue weighted by atomic mass is 9.42. The van der Waals surface area contributed by atoms with Crippen molar-refractivity contribution in [1.29, 1.82) is 0 Å². The van der Waals surface area contributed by atoms with Crippen molar-refractivity contribution < 1.29 is 24.1 Å². The van der Waals surface area contributed by atoms with Crippen LogP contribution in [0.15, 0.2) is 0 Å². The summed E-state index contributed by atoms with van der Waals surface area (Å²) in [6.45, 7) is 8.22. The third-order valence-electron chi connectivity index (χ3n) is 10.7. The van der Waals surface area contributed by atoms with Crippen LogP contribution >= 0.6 is 0 Å². The summed E-state index contributed by atoms with van der Waals surface area (Å²) in [5.74, 6) is 2.23. The molecule has 0 aromatic carbocycles. The monoisotopic (exact) mass is 406 g/mol. The van der Waals surface area contributed by atoms with E-state index >= 15 is 0 Å². The average molecular weight is 407 g/mol. The molecule has 7 atom stereocenters. The molecule has 1 unspecified atom stereocenters. The third-order valence-corrected chi connectivity index (χ3v) is 10.7. The van der Waals surface area contributed by atoms with E-state index < -0.39 is 0 Å². The molecular formula is C24H38O5. The first-order valence-electron chi connectivity index (χ1n) is 12.1. The van der Waals surface area contributed by atoms with Crippen LogP contribution in [0.25, 0.3) is 0 Å². The lowest BCUT2D eigenvalue weighted by molar-refractivity contribution is -0.265. The summed E-state index contributed by atoms with van der Waals surface area (Å²) in [6, 6.07) is 0. The molecule has 0 aromatic rings. The maximum Gasteiger partial charge on any atom is 0.174 e. The molecule has 5 nitrogen and oxygen atoms in total. The molecule has 0 bridgehead atoms. The Bertz CT molecular complexity index is 654. The van der Waals surface area contributed by atoms with Crippen molar-refractivity contribution in [3.63, 3.8) is 0 Å². The summed E-state index contributed by atoms with van der Waals surface area (Å²) in [5, 5.41) is 10.4. The summed E-state index contributed by atoms with van der Waals surface area (Å²) in [5.41, 5.74) is 0.410. The fourth-order valence-corrected chi connectivity index (χ4v) is 9.28. The van der Waals surface area contributed by atoms with Gasteiger partial charge in [0.05, 0.1) is 26.4 Å². The van der Waals surface area contributed by atoms with E-state index in [0.29, 0.717) is 30.3 Å². The number of aliphatic hydroxyl groups excluding tert-OH is 1. The van der Waals surface area contributed by atoms with Crippen molar-refractivity contribution in [2.24, 2.45) is 40.4 Å². The van der Waals surface area contributed by atoms with E-state index in [-0.39, 0.29) is 22.4 Å². The predicted molar refractivity (Wildman–Crippen MR) is 107 cm³/mol. The lowest BCUT2D eigenvalue weighted by Crippen LogP contribution is -2.60. The van der Waals surface area contributed by atoms with Gasteiger partial charge in [0.15, 0.2) is 11.6 Å². The summed E-state index contributed by atoms with van der Waals surface area (Å²) in [6.07, 6.45) is 9.04. The van der Waals surface area contributed by atoms with Gasteiger partial charge in [-0.3, -0.25) is 0 Å². The molecule has 2 aliphatic heterocycles. The van der Waals surface area contributed by atoms with Crippen molar-refractivity contribution >= 4 is 0 Å². The number of hydrogen-bond donors (Lipinski definition) is 1. The minimum absolute atomic E-state index is 0.126. The maximum atomic E-state index is 10.4. The van der Waals surface area contributed by atoms with Crippen LogP contribution in [0.3, 0.4) is 0 Å². The average Bonchev–Trinajstić information content (AvgIpc) is 3.44. The lowest BCUT2D eigenvalue weighted by Gasteiger charge is -2.64. The van der Waals surface area contributed by atoms with Gasteiger partial charge in [-0.15, -0.1) is 0 Å². The normalized spacial score (nSPS) is 52.4. The van der Waals surface area contributed by atoms with Gasteiger partial charge in [0.2, 0.25) is 0 Å². The zero-order valence-electron chi connectivity index (χ0n) is 18.2. The van der Waals surface area contributed by atoms with Gasteiger partial charge in [-0.25, -0.2) is 0 Å². The second-order valence-electron chi connectivity index (χ2n) is 11.4. The number of aliphatic hydroxyl groups is 1. The zero-order chi connectivity index (χ0) is 19.9. The molecule has 0 amide bonds. The fourth-order valence-electron chi connectivity index (χ4n) is 9.28. The zero-order valence-corrected chi connectivity index (χ0v) is 18.2. The highest BCUT2D eigenvalue weighted by Gasteiger charge is 2.69. The quantitative estimate of drug-likeness (QED) is 0.719. The molecule has 4 aliphatic carbocycles. The molecule has 2 spiro atoms. The van der Waals surface area contributed by atoms with Gasteiger partial charge in [-0.1, -0.05) is 13.8 Å². The van der Waals surface area contributed by atoms with Crippen LogP contribution in [0.5, 0.6) is 0 Å². The first kappa shape index (κ1) is 19.5. The molecule has 6 aliphatic rings. The summed E-state index contributed by atoms with van der Waals surface area (Å²) in [4.78, 5) is 0. The van der Waals surface area contributed by atoms with E-state index in [0.717, 1.165) is 64.4 Å². The number of hydrogen-bond acceptors (Lipinski definition) is 5. The second kappa shape index (κ2) is 6.41.